The number of ether oxygens (including phenoxy) is 2. The Balaban J connectivity index is 1.39. The summed E-state index contributed by atoms with van der Waals surface area (Å²) in [4.78, 5) is 29.3. The number of fused-ring (bicyclic) bond motifs is 1. The van der Waals surface area contributed by atoms with Crippen molar-refractivity contribution in [1.82, 2.24) is 14.8 Å². The molecule has 3 aromatic carbocycles. The zero-order valence-corrected chi connectivity index (χ0v) is 24.2. The summed E-state index contributed by atoms with van der Waals surface area (Å²) in [6.07, 6.45) is 1.53. The number of aromatic hydroxyl groups is 1. The van der Waals surface area contributed by atoms with E-state index in [0.717, 1.165) is 16.5 Å². The molecule has 0 aliphatic carbocycles. The smallest absolute Gasteiger partial charge is 0.324 e. The third kappa shape index (κ3) is 6.91. The second-order valence-electron chi connectivity index (χ2n) is 10.8. The number of anilines is 3. The molecule has 2 aromatic heterocycles. The number of rotatable bonds is 8. The molecule has 11 nitrogen and oxygen atoms in total. The molecule has 0 spiro atoms. The minimum atomic E-state index is -0.467. The maximum Gasteiger partial charge on any atom is 0.324 e. The summed E-state index contributed by atoms with van der Waals surface area (Å²) in [5.74, 6) is 1.57. The Morgan fingerprint density at radius 3 is 2.44 bits per heavy atom. The van der Waals surface area contributed by atoms with E-state index in [1.165, 1.54) is 13.3 Å². The number of methoxy groups -OCH3 is 1. The number of urea groups is 1. The quantitative estimate of drug-likeness (QED) is 0.165. The Bertz CT molecular complexity index is 1790. The predicted molar refractivity (Wildman–Crippen MR) is 165 cm³/mol. The van der Waals surface area contributed by atoms with Crippen molar-refractivity contribution < 1.29 is 24.2 Å². The van der Waals surface area contributed by atoms with E-state index in [1.807, 2.05) is 51.1 Å². The number of hydrogen-bond acceptors (Lipinski definition) is 7. The van der Waals surface area contributed by atoms with Crippen molar-refractivity contribution in [3.63, 3.8) is 0 Å². The van der Waals surface area contributed by atoms with E-state index in [4.69, 9.17) is 14.6 Å². The number of phenols is 1. The van der Waals surface area contributed by atoms with E-state index in [0.29, 0.717) is 34.5 Å². The molecule has 5 aromatic rings. The van der Waals surface area contributed by atoms with Gasteiger partial charge in [0.05, 0.1) is 17.1 Å². The third-order valence-electron chi connectivity index (χ3n) is 6.43. The van der Waals surface area contributed by atoms with Crippen LogP contribution in [0.5, 0.6) is 17.2 Å². The van der Waals surface area contributed by atoms with Crippen LogP contribution in [0.15, 0.2) is 85.1 Å². The average Bonchev–Trinajstić information content (AvgIpc) is 3.39. The van der Waals surface area contributed by atoms with Crippen LogP contribution in [0.25, 0.3) is 16.5 Å². The van der Waals surface area contributed by atoms with Crippen molar-refractivity contribution in [3.8, 4) is 22.9 Å². The number of nitrogens with zero attached hydrogens (tertiary/aromatic N) is 3. The van der Waals surface area contributed by atoms with Gasteiger partial charge in [-0.25, -0.2) is 14.5 Å². The third-order valence-corrected chi connectivity index (χ3v) is 6.43. The van der Waals surface area contributed by atoms with E-state index in [9.17, 15) is 14.7 Å². The van der Waals surface area contributed by atoms with Crippen molar-refractivity contribution in [2.75, 3.05) is 29.7 Å². The van der Waals surface area contributed by atoms with Gasteiger partial charge in [0.2, 0.25) is 0 Å². The van der Waals surface area contributed by atoms with Crippen molar-refractivity contribution >= 4 is 40.0 Å². The summed E-state index contributed by atoms with van der Waals surface area (Å²) < 4.78 is 12.6. The molecular weight excluding hydrogens is 548 g/mol. The lowest BCUT2D eigenvalue weighted by molar-refractivity contribution is -0.119. The first kappa shape index (κ1) is 29.1. The van der Waals surface area contributed by atoms with Crippen molar-refractivity contribution in [2.45, 2.75) is 26.2 Å². The number of phenolic OH excluding ortho intramolecular Hbond substituents is 1. The molecule has 0 radical (unpaired) electrons. The average molecular weight is 581 g/mol. The molecule has 2 heterocycles. The maximum absolute atomic E-state index is 13.3. The van der Waals surface area contributed by atoms with Gasteiger partial charge in [-0.05, 0) is 30.3 Å². The zero-order valence-electron chi connectivity index (χ0n) is 24.2. The van der Waals surface area contributed by atoms with Crippen molar-refractivity contribution in [1.29, 1.82) is 0 Å². The first-order chi connectivity index (χ1) is 20.6. The molecule has 0 fully saturated rings. The maximum atomic E-state index is 13.3. The van der Waals surface area contributed by atoms with Gasteiger partial charge in [0, 0.05) is 47.7 Å². The van der Waals surface area contributed by atoms with Gasteiger partial charge in [-0.1, -0.05) is 51.1 Å². The number of nitrogens with one attached hydrogen (secondary N) is 3. The Hall–Kier alpha value is -5.42. The number of hydrogen-bond donors (Lipinski definition) is 4. The molecule has 0 bridgehead atoms. The van der Waals surface area contributed by atoms with Gasteiger partial charge in [-0.2, -0.15) is 5.10 Å². The second kappa shape index (κ2) is 12.2. The predicted octanol–water partition coefficient (Wildman–Crippen LogP) is 6.44. The van der Waals surface area contributed by atoms with Gasteiger partial charge in [-0.15, -0.1) is 0 Å². The number of carbonyl (C=O) groups excluding carboxylic acids is 2. The Morgan fingerprint density at radius 1 is 0.907 bits per heavy atom. The fourth-order valence-electron chi connectivity index (χ4n) is 4.38. The molecule has 0 atom stereocenters. The molecule has 11 heteroatoms. The summed E-state index contributed by atoms with van der Waals surface area (Å²) in [6, 6.07) is 22.4. The molecule has 0 aliphatic heterocycles. The van der Waals surface area contributed by atoms with E-state index in [1.54, 1.807) is 53.2 Å². The summed E-state index contributed by atoms with van der Waals surface area (Å²) in [6.45, 7) is 6.01. The van der Waals surface area contributed by atoms with Gasteiger partial charge in [0.1, 0.15) is 35.5 Å². The van der Waals surface area contributed by atoms with Gasteiger partial charge in [-0.3, -0.25) is 10.1 Å². The SMILES string of the molecule is COCC(=O)Nc1cc(Oc2ccc(NC(=O)Nc3cc(C(C)(C)C)nn3-c3cccc(O)c3)c3ccccc23)ccn1. The molecule has 0 saturated heterocycles. The van der Waals surface area contributed by atoms with E-state index in [2.05, 4.69) is 20.9 Å². The number of carbonyl (C=O) groups is 2. The van der Waals surface area contributed by atoms with Gasteiger partial charge in [0.15, 0.2) is 0 Å². The van der Waals surface area contributed by atoms with Crippen molar-refractivity contribution in [3.05, 3.63) is 90.8 Å². The van der Waals surface area contributed by atoms with Crippen LogP contribution in [0.2, 0.25) is 0 Å². The zero-order chi connectivity index (χ0) is 30.6. The summed E-state index contributed by atoms with van der Waals surface area (Å²) in [5.41, 5.74) is 1.68. The largest absolute Gasteiger partial charge is 0.508 e. The molecule has 220 valence electrons. The van der Waals surface area contributed by atoms with Crippen LogP contribution in [0.4, 0.5) is 22.1 Å². The number of aromatic nitrogens is 3. The number of pyridine rings is 1. The Kier molecular flexibility index (Phi) is 8.26. The van der Waals surface area contributed by atoms with Gasteiger partial charge < -0.3 is 25.2 Å². The minimum Gasteiger partial charge on any atom is -0.508 e. The van der Waals surface area contributed by atoms with Gasteiger partial charge >= 0.3 is 6.03 Å². The van der Waals surface area contributed by atoms with Crippen LogP contribution >= 0.6 is 0 Å². The van der Waals surface area contributed by atoms with E-state index >= 15 is 0 Å². The summed E-state index contributed by atoms with van der Waals surface area (Å²) in [7, 11) is 1.44. The molecule has 43 heavy (non-hydrogen) atoms. The van der Waals surface area contributed by atoms with Crippen LogP contribution < -0.4 is 20.7 Å². The summed E-state index contributed by atoms with van der Waals surface area (Å²) >= 11 is 0. The highest BCUT2D eigenvalue weighted by molar-refractivity contribution is 6.07. The van der Waals surface area contributed by atoms with Crippen LogP contribution in [0.1, 0.15) is 26.5 Å². The number of amides is 3. The van der Waals surface area contributed by atoms with E-state index in [-0.39, 0.29) is 23.7 Å². The molecular formula is C32H32N6O5. The number of benzene rings is 3. The highest BCUT2D eigenvalue weighted by atomic mass is 16.5. The van der Waals surface area contributed by atoms with E-state index < -0.39 is 6.03 Å². The highest BCUT2D eigenvalue weighted by Crippen LogP contribution is 2.35. The lowest BCUT2D eigenvalue weighted by Gasteiger charge is -2.14. The molecule has 5 rings (SSSR count). The lowest BCUT2D eigenvalue weighted by Crippen LogP contribution is -2.21. The van der Waals surface area contributed by atoms with Crippen LogP contribution in [0.3, 0.4) is 0 Å². The fraction of sp³-hybridized carbons (Fsp3) is 0.188. The topological polar surface area (TPSA) is 140 Å². The molecule has 4 N–H and O–H groups in total. The Labute approximate surface area is 248 Å². The minimum absolute atomic E-state index is 0.0879. The lowest BCUT2D eigenvalue weighted by atomic mass is 9.92. The normalized spacial score (nSPS) is 11.3. The highest BCUT2D eigenvalue weighted by Gasteiger charge is 2.22. The fourth-order valence-corrected chi connectivity index (χ4v) is 4.38. The molecule has 0 aliphatic rings. The van der Waals surface area contributed by atoms with Crippen LogP contribution in [-0.4, -0.2) is 45.5 Å². The standard InChI is InChI=1S/C32H32N6O5/c1-32(2,3)27-18-29(38(37-27)20-8-7-9-21(39)16-20)36-31(41)34-25-12-13-26(24-11-6-5-10-23(24)25)43-22-14-15-33-28(17-22)35-30(40)19-42-4/h5-18,39H,19H2,1-4H3,(H,33,35,40)(H2,34,36,41). The summed E-state index contributed by atoms with van der Waals surface area (Å²) in [5, 5.41) is 24.7. The van der Waals surface area contributed by atoms with Crippen molar-refractivity contribution in [2.24, 2.45) is 0 Å². The first-order valence-electron chi connectivity index (χ1n) is 13.5. The second-order valence-corrected chi connectivity index (χ2v) is 10.8. The molecule has 3 amide bonds. The first-order valence-corrected chi connectivity index (χ1v) is 13.5. The van der Waals surface area contributed by atoms with Gasteiger partial charge in [0.25, 0.3) is 5.91 Å². The molecule has 0 unspecified atom stereocenters. The monoisotopic (exact) mass is 580 g/mol. The van der Waals surface area contributed by atoms with Crippen LogP contribution in [0, 0.1) is 0 Å². The van der Waals surface area contributed by atoms with Crippen LogP contribution in [-0.2, 0) is 14.9 Å². The molecule has 0 saturated carbocycles. The Morgan fingerprint density at radius 2 is 1.70 bits per heavy atom.